The van der Waals surface area contributed by atoms with E-state index in [0.29, 0.717) is 5.02 Å². The number of aryl methyl sites for hydroxylation is 2. The molecule has 1 aromatic rings. The van der Waals surface area contributed by atoms with Crippen LogP contribution < -0.4 is 0 Å². The molecule has 1 rings (SSSR count). The zero-order valence-corrected chi connectivity index (χ0v) is 8.24. The van der Waals surface area contributed by atoms with E-state index in [0.717, 1.165) is 16.7 Å². The minimum atomic E-state index is 0.706. The minimum Gasteiger partial charge on any atom is -0.183 e. The lowest BCUT2D eigenvalue weighted by atomic mass is 10.0. The van der Waals surface area contributed by atoms with Crippen LogP contribution in [0.2, 0.25) is 5.02 Å². The molecule has 0 aliphatic heterocycles. The number of benzene rings is 1. The second-order valence-corrected chi connectivity index (χ2v) is 3.21. The maximum absolute atomic E-state index is 8.31. The molecule has 0 radical (unpaired) electrons. The molecule has 1 aromatic carbocycles. The van der Waals surface area contributed by atoms with Crippen molar-refractivity contribution in [1.29, 1.82) is 5.26 Å². The molecule has 0 bridgehead atoms. The number of nitrogens with zero attached hydrogens (tertiary/aromatic N) is 1. The van der Waals surface area contributed by atoms with Gasteiger partial charge in [0.2, 0.25) is 0 Å². The van der Waals surface area contributed by atoms with Crippen LogP contribution in [-0.2, 0) is 0 Å². The fourth-order valence-electron chi connectivity index (χ4n) is 1.20. The first-order chi connectivity index (χ1) is 6.15. The van der Waals surface area contributed by atoms with Crippen molar-refractivity contribution in [2.24, 2.45) is 0 Å². The van der Waals surface area contributed by atoms with Gasteiger partial charge in [-0.25, -0.2) is 0 Å². The van der Waals surface area contributed by atoms with Crippen molar-refractivity contribution in [3.05, 3.63) is 33.8 Å². The molecule has 0 N–H and O–H groups in total. The molecule has 0 fully saturated rings. The lowest BCUT2D eigenvalue weighted by molar-refractivity contribution is 1.35. The Kier molecular flexibility index (Phi) is 2.96. The van der Waals surface area contributed by atoms with E-state index < -0.39 is 0 Å². The zero-order valence-electron chi connectivity index (χ0n) is 7.48. The fraction of sp³-hybridized carbons (Fsp3) is 0.182. The molecule has 0 spiro atoms. The van der Waals surface area contributed by atoms with Gasteiger partial charge in [0.1, 0.15) is 0 Å². The summed E-state index contributed by atoms with van der Waals surface area (Å²) in [5, 5.41) is 9.02. The van der Waals surface area contributed by atoms with Crippen molar-refractivity contribution in [1.82, 2.24) is 0 Å². The Morgan fingerprint density at radius 2 is 1.77 bits per heavy atom. The van der Waals surface area contributed by atoms with Gasteiger partial charge in [-0.15, -0.1) is 0 Å². The first-order valence-corrected chi connectivity index (χ1v) is 4.20. The Morgan fingerprint density at radius 1 is 1.23 bits per heavy atom. The van der Waals surface area contributed by atoms with Crippen LogP contribution in [0.25, 0.3) is 0 Å². The van der Waals surface area contributed by atoms with Gasteiger partial charge in [0.25, 0.3) is 0 Å². The van der Waals surface area contributed by atoms with Gasteiger partial charge in [0.15, 0.2) is 6.07 Å². The van der Waals surface area contributed by atoms with Crippen molar-refractivity contribution < 1.29 is 0 Å². The topological polar surface area (TPSA) is 23.8 Å². The molecule has 0 atom stereocenters. The standard InChI is InChI=1S/C11H8ClN/c1-8-6-10(12)7-9(2)11(8)4-3-5-13/h6-7H,1-2H3. The number of nitriles is 1. The largest absolute Gasteiger partial charge is 0.183 e. The van der Waals surface area contributed by atoms with Gasteiger partial charge in [0, 0.05) is 16.5 Å². The van der Waals surface area contributed by atoms with Gasteiger partial charge in [-0.2, -0.15) is 5.26 Å². The first-order valence-electron chi connectivity index (χ1n) is 3.82. The van der Waals surface area contributed by atoms with Crippen LogP contribution >= 0.6 is 11.6 Å². The fourth-order valence-corrected chi connectivity index (χ4v) is 1.53. The van der Waals surface area contributed by atoms with E-state index in [1.165, 1.54) is 0 Å². The molecule has 0 amide bonds. The summed E-state index contributed by atoms with van der Waals surface area (Å²) in [6.45, 7) is 3.86. The molecule has 0 aromatic heterocycles. The monoisotopic (exact) mass is 189 g/mol. The molecule has 13 heavy (non-hydrogen) atoms. The van der Waals surface area contributed by atoms with E-state index in [4.69, 9.17) is 16.9 Å². The maximum atomic E-state index is 8.31. The van der Waals surface area contributed by atoms with Gasteiger partial charge in [-0.1, -0.05) is 17.5 Å². The predicted molar refractivity (Wildman–Crippen MR) is 53.4 cm³/mol. The minimum absolute atomic E-state index is 0.706. The summed E-state index contributed by atoms with van der Waals surface area (Å²) in [5.41, 5.74) is 2.91. The molecule has 0 heterocycles. The van der Waals surface area contributed by atoms with Gasteiger partial charge < -0.3 is 0 Å². The third kappa shape index (κ3) is 2.25. The predicted octanol–water partition coefficient (Wildman–Crippen LogP) is 2.83. The van der Waals surface area contributed by atoms with E-state index in [1.807, 2.05) is 26.0 Å². The third-order valence-electron chi connectivity index (χ3n) is 1.74. The van der Waals surface area contributed by atoms with Crippen molar-refractivity contribution in [2.45, 2.75) is 13.8 Å². The number of hydrogen-bond acceptors (Lipinski definition) is 1. The van der Waals surface area contributed by atoms with Crippen molar-refractivity contribution in [3.8, 4) is 17.9 Å². The van der Waals surface area contributed by atoms with Crippen LogP contribution in [0.5, 0.6) is 0 Å². The highest BCUT2D eigenvalue weighted by molar-refractivity contribution is 6.30. The average molecular weight is 190 g/mol. The van der Waals surface area contributed by atoms with Crippen LogP contribution in [0.1, 0.15) is 16.7 Å². The van der Waals surface area contributed by atoms with Gasteiger partial charge >= 0.3 is 0 Å². The summed E-state index contributed by atoms with van der Waals surface area (Å²) in [7, 11) is 0. The van der Waals surface area contributed by atoms with Crippen molar-refractivity contribution >= 4 is 11.6 Å². The molecule has 0 aliphatic carbocycles. The lowest BCUT2D eigenvalue weighted by Gasteiger charge is -2.02. The molecule has 0 unspecified atom stereocenters. The summed E-state index contributed by atoms with van der Waals surface area (Å²) in [4.78, 5) is 0. The third-order valence-corrected chi connectivity index (χ3v) is 1.96. The molecule has 0 aliphatic rings. The molecular formula is C11H8ClN. The van der Waals surface area contributed by atoms with E-state index in [-0.39, 0.29) is 0 Å². The summed E-state index contributed by atoms with van der Waals surface area (Å²) < 4.78 is 0. The van der Waals surface area contributed by atoms with Crippen molar-refractivity contribution in [2.75, 3.05) is 0 Å². The van der Waals surface area contributed by atoms with Crippen LogP contribution in [0.3, 0.4) is 0 Å². The highest BCUT2D eigenvalue weighted by atomic mass is 35.5. The zero-order chi connectivity index (χ0) is 9.84. The number of hydrogen-bond donors (Lipinski definition) is 0. The van der Waals surface area contributed by atoms with Gasteiger partial charge in [-0.3, -0.25) is 0 Å². The number of halogens is 1. The van der Waals surface area contributed by atoms with Crippen LogP contribution in [0.15, 0.2) is 12.1 Å². The Bertz CT molecular complexity index is 407. The second kappa shape index (κ2) is 3.99. The van der Waals surface area contributed by atoms with Crippen molar-refractivity contribution in [3.63, 3.8) is 0 Å². The normalized spacial score (nSPS) is 8.46. The molecule has 0 saturated heterocycles. The van der Waals surface area contributed by atoms with E-state index >= 15 is 0 Å². The van der Waals surface area contributed by atoms with Crippen LogP contribution in [0.4, 0.5) is 0 Å². The first kappa shape index (κ1) is 9.65. The summed E-state index contributed by atoms with van der Waals surface area (Å²) in [5.74, 6) is 5.17. The Labute approximate surface area is 83.0 Å². The Balaban J connectivity index is 3.31. The quantitative estimate of drug-likeness (QED) is 0.576. The lowest BCUT2D eigenvalue weighted by Crippen LogP contribution is -1.87. The molecule has 0 saturated carbocycles. The smallest absolute Gasteiger partial charge is 0.152 e. The highest BCUT2D eigenvalue weighted by Crippen LogP contribution is 2.18. The maximum Gasteiger partial charge on any atom is 0.152 e. The van der Waals surface area contributed by atoms with Gasteiger partial charge in [-0.05, 0) is 37.1 Å². The van der Waals surface area contributed by atoms with E-state index in [2.05, 4.69) is 11.8 Å². The SMILES string of the molecule is Cc1cc(Cl)cc(C)c1C#CC#N. The van der Waals surface area contributed by atoms with Gasteiger partial charge in [0.05, 0.1) is 0 Å². The highest BCUT2D eigenvalue weighted by Gasteiger charge is 2.00. The van der Waals surface area contributed by atoms with E-state index in [9.17, 15) is 0 Å². The molecule has 1 nitrogen and oxygen atoms in total. The summed E-state index contributed by atoms with van der Waals surface area (Å²) >= 11 is 5.84. The molecular weight excluding hydrogens is 182 g/mol. The molecule has 64 valence electrons. The summed E-state index contributed by atoms with van der Waals surface area (Å²) in [6.07, 6.45) is 0. The Morgan fingerprint density at radius 3 is 2.23 bits per heavy atom. The average Bonchev–Trinajstić information content (AvgIpc) is 2.02. The van der Waals surface area contributed by atoms with Crippen LogP contribution in [-0.4, -0.2) is 0 Å². The second-order valence-electron chi connectivity index (χ2n) is 2.78. The number of rotatable bonds is 0. The Hall–Kier alpha value is -1.44. The van der Waals surface area contributed by atoms with E-state index in [1.54, 1.807) is 6.07 Å². The molecule has 2 heteroatoms. The van der Waals surface area contributed by atoms with Crippen LogP contribution in [0, 0.1) is 37.0 Å². The summed E-state index contributed by atoms with van der Waals surface area (Å²) in [6, 6.07) is 5.48.